The normalized spacial score (nSPS) is 2.00. The summed E-state index contributed by atoms with van der Waals surface area (Å²) in [5.74, 6) is 0. The first kappa shape index (κ1) is 77.9. The minimum absolute atomic E-state index is 0. The first-order valence-electron chi connectivity index (χ1n) is 0.365. The maximum Gasteiger partial charge on any atom is 2.00 e. The van der Waals surface area contributed by atoms with Crippen LogP contribution in [-0.2, 0) is 21.5 Å². The van der Waals surface area contributed by atoms with Crippen LogP contribution in [0.4, 0.5) is 0 Å². The van der Waals surface area contributed by atoms with Crippen LogP contribution in [0.15, 0.2) is 0 Å². The van der Waals surface area contributed by atoms with Crippen LogP contribution in [0, 0.1) is 0 Å². The monoisotopic (exact) mass is 216 g/mol. The van der Waals surface area contributed by atoms with Crippen LogP contribution in [0.3, 0.4) is 0 Å². The van der Waals surface area contributed by atoms with Crippen molar-refractivity contribution in [2.24, 2.45) is 0 Å². The van der Waals surface area contributed by atoms with Crippen LogP contribution >= 0.6 is 0 Å². The van der Waals surface area contributed by atoms with E-state index in [9.17, 15) is 0 Å². The number of hydrogen-bond donors (Lipinski definition) is 2. The minimum Gasteiger partial charge on any atom is -0.870 e. The van der Waals surface area contributed by atoms with E-state index in [4.69, 9.17) is 10.5 Å². The van der Waals surface area contributed by atoms with Gasteiger partial charge in [0.1, 0.15) is 0 Å². The Balaban J connectivity index is -0.00000000133. The van der Waals surface area contributed by atoms with E-state index in [2.05, 4.69) is 5.04 Å². The molecule has 60 valence electrons. The summed E-state index contributed by atoms with van der Waals surface area (Å²) in [6.45, 7) is 0. The molecule has 9 heavy (non-hydrogen) atoms. The van der Waals surface area contributed by atoms with E-state index < -0.39 is 0 Å². The van der Waals surface area contributed by atoms with Gasteiger partial charge in [0.2, 0.25) is 0 Å². The first-order chi connectivity index (χ1) is 1.41. The van der Waals surface area contributed by atoms with Crippen LogP contribution < -0.4 is 0 Å². The maximum absolute atomic E-state index is 6.62. The zero-order chi connectivity index (χ0) is 2.71. The molecule has 0 aliphatic carbocycles. The van der Waals surface area contributed by atoms with Gasteiger partial charge >= 0.3 is 54.2 Å². The zero-order valence-corrected chi connectivity index (χ0v) is 7.31. The molecule has 0 aliphatic rings. The van der Waals surface area contributed by atoms with Crippen molar-refractivity contribution in [2.45, 2.75) is 0 Å². The van der Waals surface area contributed by atoms with Gasteiger partial charge in [-0.3, -0.25) is 0 Å². The van der Waals surface area contributed by atoms with E-state index >= 15 is 0 Å². The Morgan fingerprint density at radius 3 is 0.778 bits per heavy atom. The first-order valence-corrected chi connectivity index (χ1v) is 0.365. The fraction of sp³-hybridized carbons (Fsp3) is 0. The molecule has 0 atom stereocenters. The second kappa shape index (κ2) is 111. The van der Waals surface area contributed by atoms with E-state index in [0.717, 1.165) is 0 Å². The van der Waals surface area contributed by atoms with Crippen molar-refractivity contribution < 1.29 is 53.9 Å². The predicted octanol–water partition coefficient (Wildman–Crippen LogP) is -1.14. The third-order valence-electron chi connectivity index (χ3n) is 0. The Labute approximate surface area is 91.0 Å². The fourth-order valence-electron chi connectivity index (χ4n) is 0. The molecule has 0 radical (unpaired) electrons. The van der Waals surface area contributed by atoms with E-state index in [1.54, 1.807) is 0 Å². The van der Waals surface area contributed by atoms with Gasteiger partial charge in [0.05, 0.1) is 0 Å². The number of rotatable bonds is 0. The molecule has 0 aromatic carbocycles. The summed E-state index contributed by atoms with van der Waals surface area (Å²) in [4.78, 5) is 0. The molecule has 0 unspecified atom stereocenters. The molecule has 6 N–H and O–H groups in total. The summed E-state index contributed by atoms with van der Waals surface area (Å²) < 4.78 is 0. The van der Waals surface area contributed by atoms with Gasteiger partial charge in [-0.25, -0.2) is 10.5 Å². The Morgan fingerprint density at radius 2 is 0.778 bits per heavy atom. The summed E-state index contributed by atoms with van der Waals surface area (Å²) in [6.07, 6.45) is 0. The molecule has 0 aliphatic heterocycles. The molecule has 0 bridgehead atoms. The maximum atomic E-state index is 6.62. The van der Waals surface area contributed by atoms with Crippen LogP contribution in [0.25, 0.3) is 0 Å². The van der Waals surface area contributed by atoms with E-state index in [0.29, 0.717) is 0 Å². The summed E-state index contributed by atoms with van der Waals surface area (Å²) in [7, 11) is 0. The fourth-order valence-corrected chi connectivity index (χ4v) is 0. The van der Waals surface area contributed by atoms with Crippen molar-refractivity contribution in [3.05, 3.63) is 0 Å². The number of hydrogen-bond acceptors (Lipinski definition) is 7. The quantitative estimate of drug-likeness (QED) is 0.293. The predicted molar refractivity (Wildman–Crippen MR) is 19.8 cm³/mol. The van der Waals surface area contributed by atoms with E-state index in [1.165, 1.54) is 0 Å². The van der Waals surface area contributed by atoms with E-state index in [1.807, 2.05) is 0 Å². The van der Waals surface area contributed by atoms with Crippen molar-refractivity contribution in [1.29, 1.82) is 0 Å². The Kier molecular flexibility index (Phi) is 963. The average Bonchev–Trinajstić information content (AvgIpc) is 0.918. The van der Waals surface area contributed by atoms with Crippen molar-refractivity contribution in [3.8, 4) is 0 Å². The van der Waals surface area contributed by atoms with Gasteiger partial charge in [-0.2, -0.15) is 0 Å². The third kappa shape index (κ3) is 244. The summed E-state index contributed by atoms with van der Waals surface area (Å²) in [5, 5.41) is 15.5. The molecule has 9 heteroatoms. The zero-order valence-electron chi connectivity index (χ0n) is 4.11. The largest absolute Gasteiger partial charge is 2.00 e. The van der Waals surface area contributed by atoms with Gasteiger partial charge in [-0.05, 0) is 0 Å². The van der Waals surface area contributed by atoms with Gasteiger partial charge in [-0.15, -0.1) is 0 Å². The standard InChI is InChI=1S/Ca.Ni.H2O3.4H2O/c;;1-3-2;;;;/h;;1-2H;4*1H2/q2*+2;;;;;/p-4. The van der Waals surface area contributed by atoms with Gasteiger partial charge in [0.15, 0.2) is 0 Å². The van der Waals surface area contributed by atoms with Gasteiger partial charge < -0.3 is 21.9 Å². The molecular formula is H6CaNiO7. The van der Waals surface area contributed by atoms with Crippen molar-refractivity contribution in [2.75, 3.05) is 0 Å². The minimum atomic E-state index is 0. The Hall–Kier alpha value is 1.47. The average molecular weight is 217 g/mol. The molecule has 0 amide bonds. The van der Waals surface area contributed by atoms with Crippen LogP contribution in [0.2, 0.25) is 0 Å². The molecule has 7 nitrogen and oxygen atoms in total. The molecule has 0 aromatic rings. The molecule has 0 fully saturated rings. The van der Waals surface area contributed by atoms with Crippen LogP contribution in [0.1, 0.15) is 0 Å². The molecule has 0 heterocycles. The SMILES string of the molecule is OOO.[Ca+2].[Ni+2].[OH-].[OH-].[OH-].[OH-]. The van der Waals surface area contributed by atoms with Crippen LogP contribution in [0.5, 0.6) is 0 Å². The second-order valence-corrected chi connectivity index (χ2v) is 0.0816. The Bertz CT molecular complexity index is 8.88. The van der Waals surface area contributed by atoms with Crippen molar-refractivity contribution in [1.82, 2.24) is 0 Å². The topological polar surface area (TPSA) is 170 Å². The summed E-state index contributed by atoms with van der Waals surface area (Å²) >= 11 is 0. The third-order valence-corrected chi connectivity index (χ3v) is 0. The molecule has 0 spiro atoms. The van der Waals surface area contributed by atoms with Crippen molar-refractivity contribution in [3.63, 3.8) is 0 Å². The van der Waals surface area contributed by atoms with Gasteiger partial charge in [-0.1, -0.05) is 5.04 Å². The van der Waals surface area contributed by atoms with Gasteiger partial charge in [0, 0.05) is 0 Å². The molecule has 0 aromatic heterocycles. The second-order valence-electron chi connectivity index (χ2n) is 0.0816. The summed E-state index contributed by atoms with van der Waals surface area (Å²) in [6, 6.07) is 0. The molecule has 0 saturated heterocycles. The van der Waals surface area contributed by atoms with E-state index in [-0.39, 0.29) is 76.1 Å². The van der Waals surface area contributed by atoms with Crippen molar-refractivity contribution >= 4 is 37.7 Å². The molecule has 0 rings (SSSR count). The van der Waals surface area contributed by atoms with Crippen LogP contribution in [-0.4, -0.2) is 70.2 Å². The molecule has 0 saturated carbocycles. The summed E-state index contributed by atoms with van der Waals surface area (Å²) in [5.41, 5.74) is 0. The molecular weight excluding hydrogens is 211 g/mol. The van der Waals surface area contributed by atoms with Gasteiger partial charge in [0.25, 0.3) is 0 Å². The Morgan fingerprint density at radius 1 is 0.778 bits per heavy atom. The smallest absolute Gasteiger partial charge is 0.870 e.